The van der Waals surface area contributed by atoms with E-state index in [-0.39, 0.29) is 18.8 Å². The summed E-state index contributed by atoms with van der Waals surface area (Å²) in [5, 5.41) is 10.0. The number of fused-ring (bicyclic) bond motifs is 1. The SMILES string of the molecule is O=c1[nH]ncc2c(C3CCC(COP(O)(O)=S)O3)cnn12. The number of aromatic amines is 1. The Labute approximate surface area is 123 Å². The van der Waals surface area contributed by atoms with E-state index in [9.17, 15) is 4.79 Å². The minimum Gasteiger partial charge on any atom is -0.368 e. The van der Waals surface area contributed by atoms with Crippen molar-refractivity contribution < 1.29 is 19.0 Å². The molecule has 11 heteroatoms. The number of H-pyrrole nitrogens is 1. The van der Waals surface area contributed by atoms with Gasteiger partial charge in [0.15, 0.2) is 0 Å². The van der Waals surface area contributed by atoms with Crippen molar-refractivity contribution in [3.05, 3.63) is 28.4 Å². The van der Waals surface area contributed by atoms with Gasteiger partial charge in [-0.1, -0.05) is 0 Å². The average molecular weight is 332 g/mol. The molecule has 0 bridgehead atoms. The fourth-order valence-corrected chi connectivity index (χ4v) is 2.89. The van der Waals surface area contributed by atoms with Gasteiger partial charge in [-0.3, -0.25) is 0 Å². The van der Waals surface area contributed by atoms with E-state index in [1.807, 2.05) is 0 Å². The minimum absolute atomic E-state index is 0.0266. The van der Waals surface area contributed by atoms with E-state index in [0.29, 0.717) is 18.4 Å². The molecule has 3 N–H and O–H groups in total. The maximum Gasteiger partial charge on any atom is 0.363 e. The first-order chi connectivity index (χ1) is 9.94. The number of aromatic nitrogens is 4. The van der Waals surface area contributed by atoms with Gasteiger partial charge >= 0.3 is 12.4 Å². The van der Waals surface area contributed by atoms with Crippen LogP contribution in [0, 0.1) is 0 Å². The summed E-state index contributed by atoms with van der Waals surface area (Å²) in [7, 11) is 0. The molecule has 1 aliphatic heterocycles. The molecule has 114 valence electrons. The summed E-state index contributed by atoms with van der Waals surface area (Å²) in [4.78, 5) is 29.6. The highest BCUT2D eigenvalue weighted by molar-refractivity contribution is 8.06. The second-order valence-corrected chi connectivity index (χ2v) is 7.35. The van der Waals surface area contributed by atoms with Crippen LogP contribution in [0.15, 0.2) is 17.2 Å². The third-order valence-corrected chi connectivity index (χ3v) is 4.06. The van der Waals surface area contributed by atoms with E-state index < -0.39 is 12.4 Å². The topological polar surface area (TPSA) is 122 Å². The van der Waals surface area contributed by atoms with Crippen LogP contribution < -0.4 is 5.69 Å². The van der Waals surface area contributed by atoms with Gasteiger partial charge < -0.3 is 19.0 Å². The molecule has 9 nitrogen and oxygen atoms in total. The van der Waals surface area contributed by atoms with Crippen LogP contribution in [0.2, 0.25) is 0 Å². The predicted octanol–water partition coefficient (Wildman–Crippen LogP) is -0.137. The summed E-state index contributed by atoms with van der Waals surface area (Å²) in [5.74, 6) is 0. The van der Waals surface area contributed by atoms with E-state index >= 15 is 0 Å². The van der Waals surface area contributed by atoms with Crippen LogP contribution in [0.25, 0.3) is 5.52 Å². The molecule has 0 amide bonds. The summed E-state index contributed by atoms with van der Waals surface area (Å²) in [5.41, 5.74) is 0.932. The number of rotatable bonds is 4. The van der Waals surface area contributed by atoms with Crippen LogP contribution in [0.4, 0.5) is 0 Å². The average Bonchev–Trinajstić information content (AvgIpc) is 3.02. The lowest BCUT2D eigenvalue weighted by Gasteiger charge is -2.15. The molecule has 0 spiro atoms. The smallest absolute Gasteiger partial charge is 0.363 e. The number of ether oxygens (including phenoxy) is 1. The minimum atomic E-state index is -3.66. The van der Waals surface area contributed by atoms with Gasteiger partial charge in [0.25, 0.3) is 0 Å². The fraction of sp³-hybridized carbons (Fsp3) is 0.500. The predicted molar refractivity (Wildman–Crippen MR) is 75.1 cm³/mol. The largest absolute Gasteiger partial charge is 0.368 e. The molecule has 2 aromatic heterocycles. The molecule has 0 aliphatic carbocycles. The van der Waals surface area contributed by atoms with E-state index in [1.165, 1.54) is 10.7 Å². The zero-order chi connectivity index (χ0) is 15.0. The van der Waals surface area contributed by atoms with E-state index in [1.54, 1.807) is 6.20 Å². The Hall–Kier alpha value is -1.16. The Kier molecular flexibility index (Phi) is 3.91. The normalized spacial score (nSPS) is 23.0. The number of hydrogen-bond acceptors (Lipinski definition) is 6. The second kappa shape index (κ2) is 5.56. The number of nitrogens with one attached hydrogen (secondary N) is 1. The van der Waals surface area contributed by atoms with Gasteiger partial charge in [0.2, 0.25) is 0 Å². The Morgan fingerprint density at radius 2 is 2.33 bits per heavy atom. The first kappa shape index (κ1) is 14.8. The van der Waals surface area contributed by atoms with Gasteiger partial charge in [-0.25, -0.2) is 9.89 Å². The molecule has 21 heavy (non-hydrogen) atoms. The summed E-state index contributed by atoms with van der Waals surface area (Å²) in [6.45, 7) is -3.64. The van der Waals surface area contributed by atoms with Crippen LogP contribution in [0.5, 0.6) is 0 Å². The third kappa shape index (κ3) is 3.20. The Bertz CT molecular complexity index is 755. The van der Waals surface area contributed by atoms with Crippen molar-refractivity contribution in [3.8, 4) is 0 Å². The van der Waals surface area contributed by atoms with Crippen LogP contribution in [-0.4, -0.2) is 42.3 Å². The molecule has 2 aromatic rings. The lowest BCUT2D eigenvalue weighted by Crippen LogP contribution is -2.18. The van der Waals surface area contributed by atoms with Gasteiger partial charge in [0.05, 0.1) is 36.7 Å². The molecule has 1 fully saturated rings. The van der Waals surface area contributed by atoms with Crippen molar-refractivity contribution in [1.82, 2.24) is 19.8 Å². The molecule has 0 radical (unpaired) electrons. The molecule has 0 aromatic carbocycles. The van der Waals surface area contributed by atoms with Gasteiger partial charge in [0.1, 0.15) is 0 Å². The van der Waals surface area contributed by atoms with Crippen molar-refractivity contribution in [2.24, 2.45) is 0 Å². The van der Waals surface area contributed by atoms with Crippen LogP contribution >= 0.6 is 6.72 Å². The standard InChI is InChI=1S/C10H13N4O5PS/c15-10-13-11-4-8-7(3-12-14(8)10)9-2-1-6(19-9)5-18-20(16,17)21/h3-4,6,9H,1-2,5H2,(H,13,15)(H2,16,17,21). The summed E-state index contributed by atoms with van der Waals surface area (Å²) < 4.78 is 11.8. The monoisotopic (exact) mass is 332 g/mol. The first-order valence-electron chi connectivity index (χ1n) is 6.21. The van der Waals surface area contributed by atoms with Crippen LogP contribution in [0.3, 0.4) is 0 Å². The quantitative estimate of drug-likeness (QED) is 0.662. The Morgan fingerprint density at radius 1 is 1.52 bits per heavy atom. The molecular weight excluding hydrogens is 319 g/mol. The van der Waals surface area contributed by atoms with E-state index in [4.69, 9.17) is 19.0 Å². The lowest BCUT2D eigenvalue weighted by molar-refractivity contribution is 0.0148. The first-order valence-corrected chi connectivity index (χ1v) is 8.83. The van der Waals surface area contributed by atoms with Crippen LogP contribution in [-0.2, 0) is 21.1 Å². The van der Waals surface area contributed by atoms with Crippen LogP contribution in [0.1, 0.15) is 24.5 Å². The molecule has 3 rings (SSSR count). The molecular formula is C10H13N4O5PS. The Balaban J connectivity index is 1.75. The Morgan fingerprint density at radius 3 is 3.10 bits per heavy atom. The van der Waals surface area contributed by atoms with Gasteiger partial charge in [-0.2, -0.15) is 14.7 Å². The van der Waals surface area contributed by atoms with Crippen molar-refractivity contribution in [3.63, 3.8) is 0 Å². The van der Waals surface area contributed by atoms with Crippen molar-refractivity contribution in [2.75, 3.05) is 6.61 Å². The molecule has 2 unspecified atom stereocenters. The van der Waals surface area contributed by atoms with Crippen molar-refractivity contribution >= 4 is 24.0 Å². The van der Waals surface area contributed by atoms with E-state index in [0.717, 1.165) is 5.56 Å². The maximum atomic E-state index is 11.5. The molecule has 0 saturated carbocycles. The third-order valence-electron chi connectivity index (χ3n) is 3.26. The van der Waals surface area contributed by atoms with Crippen molar-refractivity contribution in [1.29, 1.82) is 0 Å². The van der Waals surface area contributed by atoms with E-state index in [2.05, 4.69) is 27.1 Å². The fourth-order valence-electron chi connectivity index (χ4n) is 2.34. The highest BCUT2D eigenvalue weighted by Crippen LogP contribution is 2.39. The van der Waals surface area contributed by atoms with Gasteiger partial charge in [-0.05, 0) is 24.6 Å². The number of nitrogens with zero attached hydrogens (tertiary/aromatic N) is 3. The number of hydrogen-bond donors (Lipinski definition) is 3. The lowest BCUT2D eigenvalue weighted by atomic mass is 10.1. The van der Waals surface area contributed by atoms with Crippen molar-refractivity contribution in [2.45, 2.75) is 25.0 Å². The summed E-state index contributed by atoms with van der Waals surface area (Å²) >= 11 is 4.39. The zero-order valence-corrected chi connectivity index (χ0v) is 12.5. The zero-order valence-electron chi connectivity index (χ0n) is 10.7. The summed E-state index contributed by atoms with van der Waals surface area (Å²) in [6.07, 6.45) is 3.97. The van der Waals surface area contributed by atoms with Gasteiger partial charge in [0, 0.05) is 5.56 Å². The highest BCUT2D eigenvalue weighted by atomic mass is 32.5. The second-order valence-electron chi connectivity index (χ2n) is 4.68. The molecule has 1 saturated heterocycles. The molecule has 1 aliphatic rings. The molecule has 2 atom stereocenters. The van der Waals surface area contributed by atoms with Gasteiger partial charge in [-0.15, -0.1) is 0 Å². The molecule has 3 heterocycles. The highest BCUT2D eigenvalue weighted by Gasteiger charge is 2.30. The summed E-state index contributed by atoms with van der Waals surface area (Å²) in [6, 6.07) is 0. The maximum absolute atomic E-state index is 11.5.